The summed E-state index contributed by atoms with van der Waals surface area (Å²) in [4.78, 5) is 13.1. The maximum Gasteiger partial charge on any atom is 0.164 e. The van der Waals surface area contributed by atoms with Gasteiger partial charge in [0.1, 0.15) is 0 Å². The van der Waals surface area contributed by atoms with E-state index in [2.05, 4.69) is 15.9 Å². The summed E-state index contributed by atoms with van der Waals surface area (Å²) >= 11 is 10.4. The number of hydrogen-bond acceptors (Lipinski definition) is 4. The van der Waals surface area contributed by atoms with Crippen LogP contribution in [0.2, 0.25) is 5.02 Å². The van der Waals surface area contributed by atoms with E-state index in [4.69, 9.17) is 11.6 Å². The lowest BCUT2D eigenvalue weighted by Gasteiger charge is -2.18. The Balaban J connectivity index is 2.06. The fraction of sp³-hybridized carbons (Fsp3) is 0.188. The highest BCUT2D eigenvalue weighted by molar-refractivity contribution is 9.10. The molecule has 0 saturated carbocycles. The number of halogens is 2. The van der Waals surface area contributed by atoms with Gasteiger partial charge in [0.25, 0.3) is 0 Å². The molecule has 2 rings (SSSR count). The largest absolute Gasteiger partial charge is 0.367 e. The van der Waals surface area contributed by atoms with Crippen LogP contribution in [-0.2, 0) is 0 Å². The molecule has 2 aromatic carbocycles. The zero-order valence-corrected chi connectivity index (χ0v) is 14.6. The minimum atomic E-state index is -1.58. The van der Waals surface area contributed by atoms with Crippen molar-refractivity contribution in [2.24, 2.45) is 0 Å². The van der Waals surface area contributed by atoms with Gasteiger partial charge in [-0.05, 0) is 48.5 Å². The maximum absolute atomic E-state index is 12.2. The summed E-state index contributed by atoms with van der Waals surface area (Å²) in [5, 5.41) is 19.0. The Morgan fingerprint density at radius 1 is 1.09 bits per heavy atom. The molecule has 0 radical (unpaired) electrons. The first kappa shape index (κ1) is 17.5. The molecule has 0 bridgehead atoms. The summed E-state index contributed by atoms with van der Waals surface area (Å²) < 4.78 is 0.940. The van der Waals surface area contributed by atoms with Gasteiger partial charge in [-0.3, -0.25) is 4.79 Å². The van der Waals surface area contributed by atoms with Crippen molar-refractivity contribution in [2.45, 2.75) is 22.9 Å². The Morgan fingerprint density at radius 3 is 2.23 bits per heavy atom. The van der Waals surface area contributed by atoms with E-state index < -0.39 is 11.5 Å². The fourth-order valence-corrected chi connectivity index (χ4v) is 3.22. The number of Topliss-reactive ketones (excluding diaryl/α,β-unsaturated/α-hetero) is 1. The van der Waals surface area contributed by atoms with Crippen molar-refractivity contribution in [3.63, 3.8) is 0 Å². The maximum atomic E-state index is 12.2. The van der Waals surface area contributed by atoms with Crippen LogP contribution in [0.25, 0.3) is 0 Å². The van der Waals surface area contributed by atoms with Crippen LogP contribution in [0.15, 0.2) is 57.9 Å². The molecule has 116 valence electrons. The van der Waals surface area contributed by atoms with Gasteiger partial charge in [0.15, 0.2) is 12.1 Å². The van der Waals surface area contributed by atoms with Crippen molar-refractivity contribution in [1.82, 2.24) is 0 Å². The number of benzene rings is 2. The average molecular weight is 402 g/mol. The van der Waals surface area contributed by atoms with Crippen LogP contribution >= 0.6 is 39.3 Å². The van der Waals surface area contributed by atoms with Crippen LogP contribution in [0.5, 0.6) is 0 Å². The molecular formula is C16H14BrClO3S. The van der Waals surface area contributed by atoms with Crippen molar-refractivity contribution in [2.75, 3.05) is 0 Å². The average Bonchev–Trinajstić information content (AvgIpc) is 2.49. The molecule has 0 fully saturated rings. The lowest BCUT2D eigenvalue weighted by molar-refractivity contribution is -0.0401. The minimum Gasteiger partial charge on any atom is -0.367 e. The lowest BCUT2D eigenvalue weighted by atomic mass is 10.1. The zero-order chi connectivity index (χ0) is 16.1. The van der Waals surface area contributed by atoms with Crippen molar-refractivity contribution >= 4 is 45.1 Å². The highest BCUT2D eigenvalue weighted by atomic mass is 79.9. The molecule has 0 saturated heterocycles. The normalized spacial score (nSPS) is 12.4. The van der Waals surface area contributed by atoms with Crippen molar-refractivity contribution in [3.05, 3.63) is 63.6 Å². The van der Waals surface area contributed by atoms with Crippen LogP contribution in [0.3, 0.4) is 0 Å². The van der Waals surface area contributed by atoms with Gasteiger partial charge in [0, 0.05) is 26.4 Å². The SMILES string of the molecule is O=C(CC(Sc1ccc(Br)cc1)C(O)O)c1ccc(Cl)cc1. The monoisotopic (exact) mass is 400 g/mol. The second kappa shape index (κ2) is 8.13. The Bertz CT molecular complexity index is 629. The van der Waals surface area contributed by atoms with Gasteiger partial charge in [-0.15, -0.1) is 11.8 Å². The van der Waals surface area contributed by atoms with Gasteiger partial charge in [-0.1, -0.05) is 27.5 Å². The predicted molar refractivity (Wildman–Crippen MR) is 92.4 cm³/mol. The fourth-order valence-electron chi connectivity index (χ4n) is 1.83. The molecule has 6 heteroatoms. The van der Waals surface area contributed by atoms with E-state index in [-0.39, 0.29) is 12.2 Å². The Morgan fingerprint density at radius 2 is 1.68 bits per heavy atom. The summed E-state index contributed by atoms with van der Waals surface area (Å²) in [7, 11) is 0. The second-order valence-corrected chi connectivity index (χ2v) is 7.32. The van der Waals surface area contributed by atoms with Gasteiger partial charge < -0.3 is 10.2 Å². The smallest absolute Gasteiger partial charge is 0.164 e. The van der Waals surface area contributed by atoms with Crippen molar-refractivity contribution < 1.29 is 15.0 Å². The van der Waals surface area contributed by atoms with Gasteiger partial charge in [0.05, 0.1) is 5.25 Å². The van der Waals surface area contributed by atoms with Crippen LogP contribution < -0.4 is 0 Å². The predicted octanol–water partition coefficient (Wildman–Crippen LogP) is 4.15. The zero-order valence-electron chi connectivity index (χ0n) is 11.4. The first-order valence-electron chi connectivity index (χ1n) is 6.53. The number of aliphatic hydroxyl groups excluding tert-OH is 1. The van der Waals surface area contributed by atoms with E-state index in [9.17, 15) is 15.0 Å². The lowest BCUT2D eigenvalue weighted by Crippen LogP contribution is -2.25. The van der Waals surface area contributed by atoms with Gasteiger partial charge in [-0.2, -0.15) is 0 Å². The van der Waals surface area contributed by atoms with Crippen LogP contribution in [0.1, 0.15) is 16.8 Å². The molecule has 0 aromatic heterocycles. The van der Waals surface area contributed by atoms with E-state index in [1.54, 1.807) is 24.3 Å². The van der Waals surface area contributed by atoms with Crippen LogP contribution in [0, 0.1) is 0 Å². The molecule has 0 aliphatic rings. The number of carbonyl (C=O) groups excluding carboxylic acids is 1. The summed E-state index contributed by atoms with van der Waals surface area (Å²) in [5.41, 5.74) is 0.506. The molecule has 2 aromatic rings. The molecule has 1 atom stereocenters. The number of carbonyl (C=O) groups is 1. The third-order valence-corrected chi connectivity index (χ3v) is 5.02. The molecule has 1 unspecified atom stereocenters. The molecule has 0 heterocycles. The molecule has 0 spiro atoms. The van der Waals surface area contributed by atoms with E-state index in [1.807, 2.05) is 24.3 Å². The number of thioether (sulfide) groups is 1. The van der Waals surface area contributed by atoms with E-state index in [1.165, 1.54) is 11.8 Å². The van der Waals surface area contributed by atoms with Crippen LogP contribution in [-0.4, -0.2) is 27.5 Å². The van der Waals surface area contributed by atoms with E-state index in [0.717, 1.165) is 9.37 Å². The summed E-state index contributed by atoms with van der Waals surface area (Å²) in [6, 6.07) is 14.0. The molecular weight excluding hydrogens is 388 g/mol. The molecule has 0 amide bonds. The van der Waals surface area contributed by atoms with E-state index in [0.29, 0.717) is 10.6 Å². The minimum absolute atomic E-state index is 0.0278. The number of rotatable bonds is 6. The van der Waals surface area contributed by atoms with Gasteiger partial charge >= 0.3 is 0 Å². The van der Waals surface area contributed by atoms with Crippen molar-refractivity contribution in [3.8, 4) is 0 Å². The third kappa shape index (κ3) is 5.11. The quantitative estimate of drug-likeness (QED) is 0.434. The molecule has 22 heavy (non-hydrogen) atoms. The first-order chi connectivity index (χ1) is 10.5. The summed E-state index contributed by atoms with van der Waals surface area (Å²) in [6.45, 7) is 0. The molecule has 0 aliphatic carbocycles. The topological polar surface area (TPSA) is 57.5 Å². The molecule has 2 N–H and O–H groups in total. The standard InChI is InChI=1S/C16H14BrClO3S/c17-11-3-7-13(8-4-11)22-15(16(20)21)9-14(19)10-1-5-12(18)6-2-10/h1-8,15-16,20-21H,9H2. The van der Waals surface area contributed by atoms with Crippen LogP contribution in [0.4, 0.5) is 0 Å². The van der Waals surface area contributed by atoms with Crippen molar-refractivity contribution in [1.29, 1.82) is 0 Å². The van der Waals surface area contributed by atoms with E-state index >= 15 is 0 Å². The summed E-state index contributed by atoms with van der Waals surface area (Å²) in [5.74, 6) is -0.153. The van der Waals surface area contributed by atoms with Gasteiger partial charge in [0.2, 0.25) is 0 Å². The Hall–Kier alpha value is -0.850. The Labute approximate surface area is 146 Å². The highest BCUT2D eigenvalue weighted by Crippen LogP contribution is 2.29. The van der Waals surface area contributed by atoms with Gasteiger partial charge in [-0.25, -0.2) is 0 Å². The number of aliphatic hydroxyl groups is 2. The number of ketones is 1. The molecule has 0 aliphatic heterocycles. The second-order valence-electron chi connectivity index (χ2n) is 4.66. The number of hydrogen-bond donors (Lipinski definition) is 2. The summed E-state index contributed by atoms with van der Waals surface area (Å²) in [6.07, 6.45) is -1.55. The Kier molecular flexibility index (Phi) is 6.47. The first-order valence-corrected chi connectivity index (χ1v) is 8.58. The third-order valence-electron chi connectivity index (χ3n) is 2.99. The molecule has 3 nitrogen and oxygen atoms in total. The highest BCUT2D eigenvalue weighted by Gasteiger charge is 2.22.